The van der Waals surface area contributed by atoms with Gasteiger partial charge in [0.25, 0.3) is 5.91 Å². The molecule has 7 heteroatoms. The largest absolute Gasteiger partial charge is 0.395 e. The third-order valence-corrected chi connectivity index (χ3v) is 5.97. The van der Waals surface area contributed by atoms with E-state index in [1.807, 2.05) is 36.4 Å². The van der Waals surface area contributed by atoms with Gasteiger partial charge in [-0.3, -0.25) is 9.59 Å². The van der Waals surface area contributed by atoms with E-state index in [0.29, 0.717) is 17.8 Å². The van der Waals surface area contributed by atoms with Crippen LogP contribution in [0.4, 0.5) is 5.69 Å². The summed E-state index contributed by atoms with van der Waals surface area (Å²) in [5.74, 6) is -1.12. The Labute approximate surface area is 189 Å². The quantitative estimate of drug-likeness (QED) is 0.369. The number of anilines is 1. The SMILES string of the molecule is C[C@H](/C=C/CC(=O)N(CCO)Cc1ccccc1)[C@@]1(O)C(=O)Nc2ccc(I)cc21. The molecule has 158 valence electrons. The summed E-state index contributed by atoms with van der Waals surface area (Å²) in [5.41, 5.74) is 0.468. The van der Waals surface area contributed by atoms with Crippen LogP contribution in [0.15, 0.2) is 60.7 Å². The number of hydrogen-bond acceptors (Lipinski definition) is 4. The lowest BCUT2D eigenvalue weighted by molar-refractivity contribution is -0.137. The minimum absolute atomic E-state index is 0.117. The highest BCUT2D eigenvalue weighted by Crippen LogP contribution is 2.42. The fourth-order valence-corrected chi connectivity index (χ4v) is 4.08. The Balaban J connectivity index is 1.68. The molecule has 0 saturated carbocycles. The van der Waals surface area contributed by atoms with Crippen molar-refractivity contribution in [1.82, 2.24) is 4.90 Å². The number of hydrogen-bond donors (Lipinski definition) is 3. The van der Waals surface area contributed by atoms with Crippen LogP contribution in [0.5, 0.6) is 0 Å². The molecule has 3 rings (SSSR count). The number of nitrogens with zero attached hydrogens (tertiary/aromatic N) is 1. The van der Waals surface area contributed by atoms with E-state index in [9.17, 15) is 19.8 Å². The summed E-state index contributed by atoms with van der Waals surface area (Å²) in [7, 11) is 0. The van der Waals surface area contributed by atoms with Crippen LogP contribution < -0.4 is 5.32 Å². The average molecular weight is 520 g/mol. The van der Waals surface area contributed by atoms with E-state index in [1.54, 1.807) is 36.1 Å². The first-order valence-corrected chi connectivity index (χ1v) is 10.9. The molecule has 2 amide bonds. The monoisotopic (exact) mass is 520 g/mol. The minimum atomic E-state index is -1.68. The van der Waals surface area contributed by atoms with Gasteiger partial charge < -0.3 is 20.4 Å². The lowest BCUT2D eigenvalue weighted by Gasteiger charge is -2.26. The maximum Gasteiger partial charge on any atom is 0.261 e. The molecule has 0 saturated heterocycles. The van der Waals surface area contributed by atoms with Crippen LogP contribution >= 0.6 is 22.6 Å². The third-order valence-electron chi connectivity index (χ3n) is 5.30. The first kappa shape index (κ1) is 22.5. The van der Waals surface area contributed by atoms with Gasteiger partial charge in [-0.2, -0.15) is 0 Å². The molecule has 0 unspecified atom stereocenters. The molecule has 0 aliphatic carbocycles. The average Bonchev–Trinajstić information content (AvgIpc) is 2.99. The van der Waals surface area contributed by atoms with Crippen molar-refractivity contribution in [3.8, 4) is 0 Å². The fourth-order valence-electron chi connectivity index (χ4n) is 3.59. The van der Waals surface area contributed by atoms with Crippen molar-refractivity contribution >= 4 is 40.1 Å². The van der Waals surface area contributed by atoms with Crippen molar-refractivity contribution in [2.75, 3.05) is 18.5 Å². The molecule has 2 aromatic carbocycles. The maximum atomic E-state index is 12.6. The minimum Gasteiger partial charge on any atom is -0.395 e. The predicted molar refractivity (Wildman–Crippen MR) is 124 cm³/mol. The Morgan fingerprint density at radius 3 is 2.70 bits per heavy atom. The molecular weight excluding hydrogens is 495 g/mol. The Hall–Kier alpha value is -2.23. The standard InChI is InChI=1S/C23H25IN2O4/c1-16(23(30)19-14-18(24)10-11-20(19)25-22(23)29)6-5-9-21(28)26(12-13-27)15-17-7-3-2-4-8-17/h2-8,10-11,14,16,27,30H,9,12-13,15H2,1H3,(H,25,29)/b6-5+/t16-,23+/m1/s1. The maximum absolute atomic E-state index is 12.6. The van der Waals surface area contributed by atoms with E-state index in [2.05, 4.69) is 27.9 Å². The van der Waals surface area contributed by atoms with Crippen molar-refractivity contribution in [3.63, 3.8) is 0 Å². The van der Waals surface area contributed by atoms with Crippen molar-refractivity contribution in [2.24, 2.45) is 5.92 Å². The molecule has 1 heterocycles. The summed E-state index contributed by atoms with van der Waals surface area (Å²) >= 11 is 2.14. The van der Waals surface area contributed by atoms with E-state index in [0.717, 1.165) is 9.13 Å². The molecule has 0 spiro atoms. The van der Waals surface area contributed by atoms with Crippen LogP contribution in [0.2, 0.25) is 0 Å². The molecule has 1 aliphatic rings. The molecule has 0 fully saturated rings. The second-order valence-electron chi connectivity index (χ2n) is 7.36. The number of fused-ring (bicyclic) bond motifs is 1. The Bertz CT molecular complexity index is 947. The summed E-state index contributed by atoms with van der Waals surface area (Å²) in [6.45, 7) is 2.30. The smallest absolute Gasteiger partial charge is 0.261 e. The van der Waals surface area contributed by atoms with Crippen LogP contribution in [0.25, 0.3) is 0 Å². The number of benzene rings is 2. The molecule has 6 nitrogen and oxygen atoms in total. The molecule has 0 radical (unpaired) electrons. The molecule has 0 bridgehead atoms. The number of aliphatic hydroxyl groups is 2. The van der Waals surface area contributed by atoms with Crippen LogP contribution in [0.3, 0.4) is 0 Å². The number of nitrogens with one attached hydrogen (secondary N) is 1. The first-order chi connectivity index (χ1) is 14.4. The van der Waals surface area contributed by atoms with E-state index >= 15 is 0 Å². The van der Waals surface area contributed by atoms with Gasteiger partial charge in [0.05, 0.1) is 6.61 Å². The van der Waals surface area contributed by atoms with Crippen molar-refractivity contribution in [2.45, 2.75) is 25.5 Å². The van der Waals surface area contributed by atoms with E-state index < -0.39 is 17.4 Å². The highest BCUT2D eigenvalue weighted by molar-refractivity contribution is 14.1. The number of carbonyl (C=O) groups excluding carboxylic acids is 2. The zero-order chi connectivity index (χ0) is 21.7. The number of rotatable bonds is 8. The zero-order valence-electron chi connectivity index (χ0n) is 16.7. The Morgan fingerprint density at radius 1 is 1.27 bits per heavy atom. The highest BCUT2D eigenvalue weighted by atomic mass is 127. The van der Waals surface area contributed by atoms with Crippen LogP contribution in [-0.4, -0.2) is 40.1 Å². The van der Waals surface area contributed by atoms with Gasteiger partial charge in [0.1, 0.15) is 0 Å². The number of amides is 2. The summed E-state index contributed by atoms with van der Waals surface area (Å²) in [5, 5.41) is 23.2. The molecule has 3 N–H and O–H groups in total. The van der Waals surface area contributed by atoms with Gasteiger partial charge in [-0.1, -0.05) is 49.4 Å². The van der Waals surface area contributed by atoms with E-state index in [-0.39, 0.29) is 25.5 Å². The van der Waals surface area contributed by atoms with Gasteiger partial charge in [0.2, 0.25) is 5.91 Å². The summed E-state index contributed by atoms with van der Waals surface area (Å²) < 4.78 is 0.924. The lowest BCUT2D eigenvalue weighted by Crippen LogP contribution is -2.39. The number of halogens is 1. The second-order valence-corrected chi connectivity index (χ2v) is 8.60. The van der Waals surface area contributed by atoms with Gasteiger partial charge in [-0.15, -0.1) is 0 Å². The number of carbonyl (C=O) groups is 2. The molecule has 2 atom stereocenters. The molecule has 0 aromatic heterocycles. The molecular formula is C23H25IN2O4. The molecule has 2 aromatic rings. The van der Waals surface area contributed by atoms with Gasteiger partial charge in [-0.05, 0) is 46.4 Å². The summed E-state index contributed by atoms with van der Waals surface area (Å²) in [4.78, 5) is 26.7. The third kappa shape index (κ3) is 4.74. The normalized spacial score (nSPS) is 18.9. The lowest BCUT2D eigenvalue weighted by atomic mass is 9.83. The molecule has 30 heavy (non-hydrogen) atoms. The number of aliphatic hydroxyl groups excluding tert-OH is 1. The van der Waals surface area contributed by atoms with Gasteiger partial charge in [0, 0.05) is 40.2 Å². The van der Waals surface area contributed by atoms with Gasteiger partial charge in [-0.25, -0.2) is 0 Å². The van der Waals surface area contributed by atoms with Crippen molar-refractivity contribution in [1.29, 1.82) is 0 Å². The fraction of sp³-hybridized carbons (Fsp3) is 0.304. The van der Waals surface area contributed by atoms with E-state index in [4.69, 9.17) is 0 Å². The van der Waals surface area contributed by atoms with Gasteiger partial charge >= 0.3 is 0 Å². The van der Waals surface area contributed by atoms with Crippen LogP contribution in [0.1, 0.15) is 24.5 Å². The van der Waals surface area contributed by atoms with E-state index in [1.165, 1.54) is 0 Å². The Morgan fingerprint density at radius 2 is 2.00 bits per heavy atom. The summed E-state index contributed by atoms with van der Waals surface area (Å²) in [6.07, 6.45) is 3.50. The highest BCUT2D eigenvalue weighted by Gasteiger charge is 2.48. The zero-order valence-corrected chi connectivity index (χ0v) is 18.9. The summed E-state index contributed by atoms with van der Waals surface area (Å²) in [6, 6.07) is 15.0. The Kier molecular flexibility index (Phi) is 7.27. The van der Waals surface area contributed by atoms with Gasteiger partial charge in [0.15, 0.2) is 5.60 Å². The topological polar surface area (TPSA) is 89.9 Å². The van der Waals surface area contributed by atoms with Crippen LogP contribution in [0, 0.1) is 9.49 Å². The predicted octanol–water partition coefficient (Wildman–Crippen LogP) is 3.03. The second kappa shape index (κ2) is 9.72. The molecule has 1 aliphatic heterocycles. The van der Waals surface area contributed by atoms with Crippen molar-refractivity contribution < 1.29 is 19.8 Å². The van der Waals surface area contributed by atoms with Crippen molar-refractivity contribution in [3.05, 3.63) is 75.4 Å². The van der Waals surface area contributed by atoms with Crippen LogP contribution in [-0.2, 0) is 21.7 Å². The first-order valence-electron chi connectivity index (χ1n) is 9.79.